The average molecular weight is 336 g/mol. The van der Waals surface area contributed by atoms with E-state index in [1.807, 2.05) is 60.8 Å². The van der Waals surface area contributed by atoms with Crippen LogP contribution < -0.4 is 5.32 Å². The van der Waals surface area contributed by atoms with Gasteiger partial charge in [-0.25, -0.2) is 4.98 Å². The molecule has 0 unspecified atom stereocenters. The molecule has 3 aromatic carbocycles. The third-order valence-electron chi connectivity index (χ3n) is 4.42. The molecule has 0 bridgehead atoms. The molecule has 0 amide bonds. The Labute approximate surface area is 150 Å². The van der Waals surface area contributed by atoms with E-state index in [0.717, 1.165) is 44.7 Å². The highest BCUT2D eigenvalue weighted by Gasteiger charge is 2.07. The number of nitrogens with zero attached hydrogens (tertiary/aromatic N) is 2. The normalized spacial score (nSPS) is 11.1. The van der Waals surface area contributed by atoms with Crippen LogP contribution in [0.3, 0.4) is 0 Å². The van der Waals surface area contributed by atoms with Gasteiger partial charge in [0, 0.05) is 28.5 Å². The minimum atomic E-state index is 0.864. The zero-order valence-electron chi connectivity index (χ0n) is 14.0. The zero-order valence-corrected chi connectivity index (χ0v) is 14.0. The molecule has 2 heterocycles. The van der Waals surface area contributed by atoms with Crippen molar-refractivity contribution in [3.8, 4) is 11.4 Å². The number of benzene rings is 3. The summed E-state index contributed by atoms with van der Waals surface area (Å²) in [5.41, 5.74) is 6.09. The van der Waals surface area contributed by atoms with Crippen molar-refractivity contribution < 1.29 is 0 Å². The lowest BCUT2D eigenvalue weighted by Crippen LogP contribution is -1.89. The number of H-pyrrole nitrogens is 1. The largest absolute Gasteiger partial charge is 0.355 e. The molecule has 4 heteroatoms. The van der Waals surface area contributed by atoms with Gasteiger partial charge in [-0.15, -0.1) is 0 Å². The molecule has 0 saturated carbocycles. The van der Waals surface area contributed by atoms with Crippen molar-refractivity contribution in [2.24, 2.45) is 0 Å². The van der Waals surface area contributed by atoms with Crippen LogP contribution in [-0.2, 0) is 0 Å². The molecule has 0 fully saturated rings. The highest BCUT2D eigenvalue weighted by atomic mass is 14.9. The van der Waals surface area contributed by atoms with Gasteiger partial charge in [0.25, 0.3) is 0 Å². The fraction of sp³-hybridized carbons (Fsp3) is 0. The van der Waals surface area contributed by atoms with Crippen LogP contribution in [0.25, 0.3) is 33.3 Å². The van der Waals surface area contributed by atoms with Crippen LogP contribution >= 0.6 is 0 Å². The Hall–Kier alpha value is -3.66. The van der Waals surface area contributed by atoms with Gasteiger partial charge in [-0.2, -0.15) is 0 Å². The molecule has 4 nitrogen and oxygen atoms in total. The Kier molecular flexibility index (Phi) is 3.39. The van der Waals surface area contributed by atoms with Gasteiger partial charge in [0.2, 0.25) is 0 Å². The number of pyridine rings is 1. The summed E-state index contributed by atoms with van der Waals surface area (Å²) in [6, 6.07) is 26.5. The number of rotatable bonds is 3. The first-order chi connectivity index (χ1) is 12.8. The van der Waals surface area contributed by atoms with Crippen molar-refractivity contribution in [3.05, 3.63) is 85.1 Å². The van der Waals surface area contributed by atoms with Crippen LogP contribution in [0.5, 0.6) is 0 Å². The van der Waals surface area contributed by atoms with E-state index in [0.29, 0.717) is 0 Å². The minimum Gasteiger partial charge on any atom is -0.355 e. The summed E-state index contributed by atoms with van der Waals surface area (Å²) in [6.07, 6.45) is 1.81. The third kappa shape index (κ3) is 2.67. The van der Waals surface area contributed by atoms with Crippen molar-refractivity contribution in [1.82, 2.24) is 15.0 Å². The van der Waals surface area contributed by atoms with Gasteiger partial charge in [0.15, 0.2) is 0 Å². The number of anilines is 2. The molecule has 124 valence electrons. The van der Waals surface area contributed by atoms with Crippen LogP contribution in [-0.4, -0.2) is 15.0 Å². The molecule has 0 atom stereocenters. The smallest absolute Gasteiger partial charge is 0.138 e. The highest BCUT2D eigenvalue weighted by molar-refractivity contribution is 5.87. The number of aromatic amines is 1. The van der Waals surface area contributed by atoms with Gasteiger partial charge in [0.1, 0.15) is 5.82 Å². The summed E-state index contributed by atoms with van der Waals surface area (Å²) in [5, 5.41) is 4.52. The minimum absolute atomic E-state index is 0.864. The molecule has 0 aliphatic rings. The predicted molar refractivity (Wildman–Crippen MR) is 107 cm³/mol. The predicted octanol–water partition coefficient (Wildman–Crippen LogP) is 5.52. The summed E-state index contributed by atoms with van der Waals surface area (Å²) < 4.78 is 0. The topological polar surface area (TPSA) is 53.6 Å². The van der Waals surface area contributed by atoms with Gasteiger partial charge < -0.3 is 10.3 Å². The number of aromatic nitrogens is 3. The average Bonchev–Trinajstić information content (AvgIpc) is 3.12. The maximum absolute atomic E-state index is 4.73. The number of para-hydroxylation sites is 1. The summed E-state index contributed by atoms with van der Waals surface area (Å²) in [5.74, 6) is 0.864. The Bertz CT molecular complexity index is 1210. The van der Waals surface area contributed by atoms with Crippen molar-refractivity contribution in [2.75, 3.05) is 5.32 Å². The fourth-order valence-electron chi connectivity index (χ4n) is 3.14. The molecule has 0 aliphatic heterocycles. The molecule has 26 heavy (non-hydrogen) atoms. The molecule has 5 rings (SSSR count). The third-order valence-corrected chi connectivity index (χ3v) is 4.42. The van der Waals surface area contributed by atoms with Gasteiger partial charge in [-0.1, -0.05) is 24.3 Å². The van der Waals surface area contributed by atoms with E-state index in [4.69, 9.17) is 4.98 Å². The van der Waals surface area contributed by atoms with E-state index in [2.05, 4.69) is 39.6 Å². The quantitative estimate of drug-likeness (QED) is 0.456. The van der Waals surface area contributed by atoms with Crippen molar-refractivity contribution in [1.29, 1.82) is 0 Å². The van der Waals surface area contributed by atoms with Gasteiger partial charge >= 0.3 is 0 Å². The fourth-order valence-corrected chi connectivity index (χ4v) is 3.14. The molecule has 0 radical (unpaired) electrons. The number of hydrogen-bond acceptors (Lipinski definition) is 3. The lowest BCUT2D eigenvalue weighted by Gasteiger charge is -2.05. The molecule has 2 aromatic heterocycles. The van der Waals surface area contributed by atoms with Crippen molar-refractivity contribution >= 4 is 33.3 Å². The summed E-state index contributed by atoms with van der Waals surface area (Å²) >= 11 is 0. The molecule has 0 spiro atoms. The van der Waals surface area contributed by atoms with Gasteiger partial charge in [0.05, 0.1) is 16.6 Å². The van der Waals surface area contributed by atoms with E-state index >= 15 is 0 Å². The van der Waals surface area contributed by atoms with Gasteiger partial charge in [-0.3, -0.25) is 4.98 Å². The van der Waals surface area contributed by atoms with E-state index in [-0.39, 0.29) is 0 Å². The second-order valence-electron chi connectivity index (χ2n) is 6.22. The van der Waals surface area contributed by atoms with Crippen molar-refractivity contribution in [2.45, 2.75) is 0 Å². The second-order valence-corrected chi connectivity index (χ2v) is 6.22. The molecular formula is C22H16N4. The van der Waals surface area contributed by atoms with Crippen molar-refractivity contribution in [3.63, 3.8) is 0 Å². The maximum atomic E-state index is 4.73. The Morgan fingerprint density at radius 2 is 1.62 bits per heavy atom. The Morgan fingerprint density at radius 3 is 2.54 bits per heavy atom. The maximum Gasteiger partial charge on any atom is 0.138 e. The monoisotopic (exact) mass is 336 g/mol. The number of fused-ring (bicyclic) bond motifs is 2. The number of nitrogens with one attached hydrogen (secondary N) is 2. The van der Waals surface area contributed by atoms with E-state index in [1.165, 1.54) is 0 Å². The molecule has 2 N–H and O–H groups in total. The van der Waals surface area contributed by atoms with Crippen LogP contribution in [0.4, 0.5) is 11.4 Å². The van der Waals surface area contributed by atoms with E-state index in [9.17, 15) is 0 Å². The van der Waals surface area contributed by atoms with Crippen LogP contribution in [0.1, 0.15) is 0 Å². The number of hydrogen-bond donors (Lipinski definition) is 2. The van der Waals surface area contributed by atoms with Crippen LogP contribution in [0.2, 0.25) is 0 Å². The Balaban J connectivity index is 1.52. The van der Waals surface area contributed by atoms with Gasteiger partial charge in [-0.05, 0) is 54.6 Å². The first-order valence-corrected chi connectivity index (χ1v) is 8.52. The van der Waals surface area contributed by atoms with Crippen LogP contribution in [0, 0.1) is 0 Å². The SMILES string of the molecule is c1ccc(Nc2ccc3nc(-c4ccc5ncccc5c4)[nH]c3c2)cc1. The zero-order chi connectivity index (χ0) is 17.3. The summed E-state index contributed by atoms with van der Waals surface area (Å²) in [4.78, 5) is 12.5. The first kappa shape index (κ1) is 14.7. The summed E-state index contributed by atoms with van der Waals surface area (Å²) in [6.45, 7) is 0. The standard InChI is InChI=1S/C22H16N4/c1-2-6-17(7-3-1)24-18-9-11-20-21(14-18)26-22(25-20)16-8-10-19-15(13-16)5-4-12-23-19/h1-14,24H,(H,25,26). The lowest BCUT2D eigenvalue weighted by atomic mass is 10.1. The van der Waals surface area contributed by atoms with E-state index in [1.54, 1.807) is 0 Å². The van der Waals surface area contributed by atoms with Crippen LogP contribution in [0.15, 0.2) is 85.1 Å². The van der Waals surface area contributed by atoms with E-state index < -0.39 is 0 Å². The lowest BCUT2D eigenvalue weighted by molar-refractivity contribution is 1.33. The molecular weight excluding hydrogens is 320 g/mol. The second kappa shape index (κ2) is 6.01. The number of imidazole rings is 1. The Morgan fingerprint density at radius 1 is 0.731 bits per heavy atom. The molecule has 0 saturated heterocycles. The highest BCUT2D eigenvalue weighted by Crippen LogP contribution is 2.26. The summed E-state index contributed by atoms with van der Waals surface area (Å²) in [7, 11) is 0. The first-order valence-electron chi connectivity index (χ1n) is 8.52. The molecule has 0 aliphatic carbocycles. The molecule has 5 aromatic rings.